The first-order valence-electron chi connectivity index (χ1n) is 7.72. The summed E-state index contributed by atoms with van der Waals surface area (Å²) in [4.78, 5) is 36.8. The molecule has 0 aliphatic carbocycles. The van der Waals surface area contributed by atoms with Gasteiger partial charge in [0, 0.05) is 23.9 Å². The lowest BCUT2D eigenvalue weighted by atomic mass is 10.2. The lowest BCUT2D eigenvalue weighted by Gasteiger charge is -2.22. The number of hydrogen-bond acceptors (Lipinski definition) is 7. The molecular weight excluding hydrogens is 390 g/mol. The first-order chi connectivity index (χ1) is 12.9. The Bertz CT molecular complexity index is 938. The molecule has 1 aliphatic heterocycles. The van der Waals surface area contributed by atoms with Crippen LogP contribution in [0, 0.1) is 10.1 Å². The van der Waals surface area contributed by atoms with Crippen molar-refractivity contribution in [3.63, 3.8) is 0 Å². The van der Waals surface area contributed by atoms with Crippen LogP contribution >= 0.6 is 24.0 Å². The van der Waals surface area contributed by atoms with Gasteiger partial charge in [-0.1, -0.05) is 24.0 Å². The van der Waals surface area contributed by atoms with E-state index in [0.29, 0.717) is 16.4 Å². The Balaban J connectivity index is 1.71. The average molecular weight is 403 g/mol. The minimum Gasteiger partial charge on any atom is -0.465 e. The highest BCUT2D eigenvalue weighted by Crippen LogP contribution is 2.34. The molecule has 1 unspecified atom stereocenters. The van der Waals surface area contributed by atoms with Crippen LogP contribution in [-0.2, 0) is 9.59 Å². The quantitative estimate of drug-likeness (QED) is 0.353. The van der Waals surface area contributed by atoms with Gasteiger partial charge in [-0.3, -0.25) is 24.6 Å². The van der Waals surface area contributed by atoms with Crippen molar-refractivity contribution in [1.82, 2.24) is 4.90 Å². The lowest BCUT2D eigenvalue weighted by molar-refractivity contribution is -0.384. The van der Waals surface area contributed by atoms with Crippen LogP contribution in [0.15, 0.2) is 52.0 Å². The highest BCUT2D eigenvalue weighted by Gasteiger charge is 2.38. The monoisotopic (exact) mass is 403 g/mol. The summed E-state index contributed by atoms with van der Waals surface area (Å²) in [6.45, 7) is 1.56. The highest BCUT2D eigenvalue weighted by molar-refractivity contribution is 8.26. The van der Waals surface area contributed by atoms with Gasteiger partial charge in [0.1, 0.15) is 16.1 Å². The molecule has 2 aromatic rings. The molecule has 1 aromatic carbocycles. The van der Waals surface area contributed by atoms with Gasteiger partial charge >= 0.3 is 0 Å². The van der Waals surface area contributed by atoms with Crippen molar-refractivity contribution >= 4 is 57.6 Å². The number of thiocarbonyl (C=S) groups is 1. The van der Waals surface area contributed by atoms with Crippen molar-refractivity contribution in [2.75, 3.05) is 5.32 Å². The number of non-ortho nitro benzene ring substituents is 1. The molecule has 0 saturated carbocycles. The molecule has 0 bridgehead atoms. The van der Waals surface area contributed by atoms with Crippen molar-refractivity contribution in [2.24, 2.45) is 0 Å². The summed E-state index contributed by atoms with van der Waals surface area (Å²) in [7, 11) is 0. The van der Waals surface area contributed by atoms with Crippen molar-refractivity contribution in [3.8, 4) is 0 Å². The summed E-state index contributed by atoms with van der Waals surface area (Å²) in [5.41, 5.74) is 0.301. The van der Waals surface area contributed by atoms with Gasteiger partial charge in [-0.2, -0.15) is 0 Å². The van der Waals surface area contributed by atoms with E-state index in [9.17, 15) is 19.7 Å². The third-order valence-corrected chi connectivity index (χ3v) is 5.08. The molecule has 1 aliphatic rings. The van der Waals surface area contributed by atoms with E-state index in [1.54, 1.807) is 25.1 Å². The van der Waals surface area contributed by atoms with Gasteiger partial charge in [0.15, 0.2) is 0 Å². The molecule has 2 heterocycles. The zero-order valence-electron chi connectivity index (χ0n) is 13.9. The summed E-state index contributed by atoms with van der Waals surface area (Å²) < 4.78 is 5.46. The normalized spacial score (nSPS) is 16.6. The molecule has 138 valence electrons. The Kier molecular flexibility index (Phi) is 5.38. The van der Waals surface area contributed by atoms with Gasteiger partial charge < -0.3 is 9.73 Å². The SMILES string of the molecule is CC(C(=O)Nc1ccc([N+](=O)[O-])cc1)N1C(=O)/C(=C/c2ccco2)SC1=S. The standard InChI is InChI=1S/C17H13N3O5S2/c1-10(15(21)18-11-4-6-12(7-5-11)20(23)24)19-16(22)14(27-17(19)26)9-13-3-2-8-25-13/h2-10H,1H3,(H,18,21)/b14-9-. The van der Waals surface area contributed by atoms with E-state index >= 15 is 0 Å². The molecule has 10 heteroatoms. The predicted molar refractivity (Wildman–Crippen MR) is 105 cm³/mol. The largest absolute Gasteiger partial charge is 0.465 e. The van der Waals surface area contributed by atoms with Gasteiger partial charge in [-0.15, -0.1) is 0 Å². The summed E-state index contributed by atoms with van der Waals surface area (Å²) in [5.74, 6) is -0.328. The molecule has 1 saturated heterocycles. The minimum absolute atomic E-state index is 0.0824. The maximum absolute atomic E-state index is 12.6. The van der Waals surface area contributed by atoms with Crippen LogP contribution in [0.3, 0.4) is 0 Å². The molecule has 1 atom stereocenters. The molecule has 0 spiro atoms. The van der Waals surface area contributed by atoms with Crippen molar-refractivity contribution in [3.05, 3.63) is 63.4 Å². The number of benzene rings is 1. The van der Waals surface area contributed by atoms with Crippen LogP contribution in [-0.4, -0.2) is 32.0 Å². The van der Waals surface area contributed by atoms with Gasteiger partial charge in [0.25, 0.3) is 11.6 Å². The number of nitrogens with zero attached hydrogens (tertiary/aromatic N) is 2. The number of nitrogens with one attached hydrogen (secondary N) is 1. The number of anilines is 1. The molecular formula is C17H13N3O5S2. The number of rotatable bonds is 5. The third kappa shape index (κ3) is 4.07. The molecule has 1 aromatic heterocycles. The summed E-state index contributed by atoms with van der Waals surface area (Å²) in [5, 5.41) is 13.3. The molecule has 8 nitrogen and oxygen atoms in total. The Hall–Kier alpha value is -2.98. The van der Waals surface area contributed by atoms with E-state index in [1.165, 1.54) is 35.4 Å². The van der Waals surface area contributed by atoms with Crippen LogP contribution in [0.5, 0.6) is 0 Å². The Morgan fingerprint density at radius 3 is 2.67 bits per heavy atom. The smallest absolute Gasteiger partial charge is 0.269 e. The fraction of sp³-hybridized carbons (Fsp3) is 0.118. The number of carbonyl (C=O) groups excluding carboxylic acids is 2. The number of thioether (sulfide) groups is 1. The lowest BCUT2D eigenvalue weighted by Crippen LogP contribution is -2.44. The second kappa shape index (κ2) is 7.72. The molecule has 27 heavy (non-hydrogen) atoms. The van der Waals surface area contributed by atoms with Gasteiger partial charge in [0.05, 0.1) is 16.1 Å². The van der Waals surface area contributed by atoms with E-state index in [1.807, 2.05) is 0 Å². The molecule has 2 amide bonds. The second-order valence-electron chi connectivity index (χ2n) is 5.54. The number of furan rings is 1. The molecule has 3 rings (SSSR count). The van der Waals surface area contributed by atoms with Gasteiger partial charge in [0.2, 0.25) is 5.91 Å². The average Bonchev–Trinajstić information content (AvgIpc) is 3.23. The van der Waals surface area contributed by atoms with Crippen LogP contribution in [0.1, 0.15) is 12.7 Å². The zero-order valence-corrected chi connectivity index (χ0v) is 15.6. The van der Waals surface area contributed by atoms with Crippen LogP contribution in [0.25, 0.3) is 6.08 Å². The fourth-order valence-electron chi connectivity index (χ4n) is 2.35. The number of hydrogen-bond donors (Lipinski definition) is 1. The number of amides is 2. The number of nitro benzene ring substituents is 1. The zero-order chi connectivity index (χ0) is 19.6. The molecule has 0 radical (unpaired) electrons. The van der Waals surface area contributed by atoms with Crippen LogP contribution in [0.2, 0.25) is 0 Å². The van der Waals surface area contributed by atoms with Crippen LogP contribution in [0.4, 0.5) is 11.4 Å². The van der Waals surface area contributed by atoms with E-state index in [2.05, 4.69) is 5.32 Å². The number of nitro groups is 1. The van der Waals surface area contributed by atoms with Crippen LogP contribution < -0.4 is 5.32 Å². The third-order valence-electron chi connectivity index (χ3n) is 3.75. The Labute approximate surface area is 163 Å². The minimum atomic E-state index is -0.852. The van der Waals surface area contributed by atoms with Crippen molar-refractivity contribution < 1.29 is 18.9 Å². The topological polar surface area (TPSA) is 106 Å². The van der Waals surface area contributed by atoms with Crippen molar-refractivity contribution in [1.29, 1.82) is 0 Å². The highest BCUT2D eigenvalue weighted by atomic mass is 32.2. The van der Waals surface area contributed by atoms with Gasteiger partial charge in [-0.05, 0) is 31.2 Å². The predicted octanol–water partition coefficient (Wildman–Crippen LogP) is 3.42. The van der Waals surface area contributed by atoms with Crippen molar-refractivity contribution in [2.45, 2.75) is 13.0 Å². The van der Waals surface area contributed by atoms with E-state index in [-0.39, 0.29) is 15.9 Å². The van der Waals surface area contributed by atoms with E-state index < -0.39 is 16.9 Å². The first-order valence-corrected chi connectivity index (χ1v) is 8.95. The van der Waals surface area contributed by atoms with E-state index in [4.69, 9.17) is 16.6 Å². The Morgan fingerprint density at radius 2 is 2.07 bits per heavy atom. The number of carbonyl (C=O) groups is 2. The summed E-state index contributed by atoms with van der Waals surface area (Å²) in [6.07, 6.45) is 3.06. The van der Waals surface area contributed by atoms with E-state index in [0.717, 1.165) is 11.8 Å². The first kappa shape index (κ1) is 18.8. The molecule has 1 N–H and O–H groups in total. The summed E-state index contributed by atoms with van der Waals surface area (Å²) >= 11 is 6.33. The summed E-state index contributed by atoms with van der Waals surface area (Å²) in [6, 6.07) is 7.96. The van der Waals surface area contributed by atoms with Gasteiger partial charge in [-0.25, -0.2) is 0 Å². The molecule has 1 fully saturated rings. The maximum atomic E-state index is 12.6. The fourth-order valence-corrected chi connectivity index (χ4v) is 3.75. The second-order valence-corrected chi connectivity index (χ2v) is 7.21. The Morgan fingerprint density at radius 1 is 1.37 bits per heavy atom. The maximum Gasteiger partial charge on any atom is 0.269 e.